The van der Waals surface area contributed by atoms with Crippen LogP contribution in [0.15, 0.2) is 18.2 Å². The zero-order chi connectivity index (χ0) is 13.2. The van der Waals surface area contributed by atoms with E-state index >= 15 is 0 Å². The van der Waals surface area contributed by atoms with Gasteiger partial charge in [-0.05, 0) is 31.5 Å². The minimum atomic E-state index is -0.539. The van der Waals surface area contributed by atoms with Crippen molar-refractivity contribution in [2.75, 3.05) is 20.3 Å². The van der Waals surface area contributed by atoms with E-state index in [-0.39, 0.29) is 0 Å². The number of ether oxygens (including phenoxy) is 3. The van der Waals surface area contributed by atoms with Crippen LogP contribution >= 0.6 is 0 Å². The Kier molecular flexibility index (Phi) is 3.32. The molecule has 5 nitrogen and oxygen atoms in total. The van der Waals surface area contributed by atoms with E-state index in [2.05, 4.69) is 10.1 Å². The van der Waals surface area contributed by atoms with Gasteiger partial charge in [-0.25, -0.2) is 4.79 Å². The normalized spacial score (nSPS) is 13.9. The summed E-state index contributed by atoms with van der Waals surface area (Å²) in [5.74, 6) is 1.44. The molecule has 0 atom stereocenters. The third kappa shape index (κ3) is 2.50. The fourth-order valence-electron chi connectivity index (χ4n) is 1.81. The van der Waals surface area contributed by atoms with Gasteiger partial charge in [0.2, 0.25) is 0 Å². The van der Waals surface area contributed by atoms with Crippen LogP contribution in [0.4, 0.5) is 4.79 Å². The van der Waals surface area contributed by atoms with Gasteiger partial charge in [0.25, 0.3) is 0 Å². The van der Waals surface area contributed by atoms with Gasteiger partial charge < -0.3 is 19.5 Å². The fraction of sp³-hybridized carbons (Fsp3) is 0.462. The van der Waals surface area contributed by atoms with Crippen LogP contribution in [-0.2, 0) is 10.3 Å². The molecule has 0 bridgehead atoms. The predicted molar refractivity (Wildman–Crippen MR) is 66.0 cm³/mol. The SMILES string of the molecule is COC(=O)NC(C)(C)c1ccc2c(c1)OCCO2. The summed E-state index contributed by atoms with van der Waals surface area (Å²) < 4.78 is 15.6. The monoisotopic (exact) mass is 251 g/mol. The number of rotatable bonds is 2. The molecule has 0 unspecified atom stereocenters. The fourth-order valence-corrected chi connectivity index (χ4v) is 1.81. The highest BCUT2D eigenvalue weighted by molar-refractivity contribution is 5.68. The van der Waals surface area contributed by atoms with E-state index in [9.17, 15) is 4.79 Å². The first-order valence-corrected chi connectivity index (χ1v) is 5.79. The van der Waals surface area contributed by atoms with Crippen LogP contribution in [-0.4, -0.2) is 26.4 Å². The molecule has 98 valence electrons. The maximum atomic E-state index is 11.3. The summed E-state index contributed by atoms with van der Waals surface area (Å²) in [6, 6.07) is 5.64. The second-order valence-electron chi connectivity index (χ2n) is 4.60. The number of methoxy groups -OCH3 is 1. The number of carbonyl (C=O) groups is 1. The number of carbonyl (C=O) groups excluding carboxylic acids is 1. The van der Waals surface area contributed by atoms with Gasteiger partial charge in [-0.15, -0.1) is 0 Å². The van der Waals surface area contributed by atoms with Crippen molar-refractivity contribution in [1.82, 2.24) is 5.32 Å². The summed E-state index contributed by atoms with van der Waals surface area (Å²) in [5.41, 5.74) is 0.389. The van der Waals surface area contributed by atoms with E-state index in [1.54, 1.807) is 0 Å². The molecule has 1 aliphatic rings. The summed E-state index contributed by atoms with van der Waals surface area (Å²) in [5, 5.41) is 2.77. The van der Waals surface area contributed by atoms with Gasteiger partial charge in [0.15, 0.2) is 11.5 Å². The molecular formula is C13H17NO4. The lowest BCUT2D eigenvalue weighted by atomic mass is 9.94. The van der Waals surface area contributed by atoms with E-state index < -0.39 is 11.6 Å². The second-order valence-corrected chi connectivity index (χ2v) is 4.60. The van der Waals surface area contributed by atoms with Crippen molar-refractivity contribution in [1.29, 1.82) is 0 Å². The molecule has 0 saturated carbocycles. The number of alkyl carbamates (subject to hydrolysis) is 1. The summed E-state index contributed by atoms with van der Waals surface area (Å²) in [6.45, 7) is 4.90. The Hall–Kier alpha value is -1.91. The van der Waals surface area contributed by atoms with Crippen LogP contribution < -0.4 is 14.8 Å². The van der Waals surface area contributed by atoms with Gasteiger partial charge in [-0.1, -0.05) is 6.07 Å². The Labute approximate surface area is 106 Å². The number of hydrogen-bond acceptors (Lipinski definition) is 4. The molecule has 0 aromatic heterocycles. The van der Waals surface area contributed by atoms with E-state index in [4.69, 9.17) is 9.47 Å². The molecule has 1 aromatic rings. The molecule has 1 N–H and O–H groups in total. The van der Waals surface area contributed by atoms with Crippen molar-refractivity contribution in [2.24, 2.45) is 0 Å². The molecule has 0 saturated heterocycles. The van der Waals surface area contributed by atoms with Gasteiger partial charge >= 0.3 is 6.09 Å². The van der Waals surface area contributed by atoms with Crippen molar-refractivity contribution < 1.29 is 19.0 Å². The van der Waals surface area contributed by atoms with Crippen LogP contribution in [0.2, 0.25) is 0 Å². The topological polar surface area (TPSA) is 56.8 Å². The molecule has 18 heavy (non-hydrogen) atoms. The number of hydrogen-bond donors (Lipinski definition) is 1. The zero-order valence-electron chi connectivity index (χ0n) is 10.8. The molecule has 0 aliphatic carbocycles. The first-order chi connectivity index (χ1) is 8.53. The van der Waals surface area contributed by atoms with E-state index in [1.807, 2.05) is 32.0 Å². The largest absolute Gasteiger partial charge is 0.486 e. The quantitative estimate of drug-likeness (QED) is 0.874. The van der Waals surface area contributed by atoms with Crippen molar-refractivity contribution >= 4 is 6.09 Å². The first kappa shape index (κ1) is 12.5. The molecule has 5 heteroatoms. The number of fused-ring (bicyclic) bond motifs is 1. The zero-order valence-corrected chi connectivity index (χ0v) is 10.8. The lowest BCUT2D eigenvalue weighted by molar-refractivity contribution is 0.158. The molecule has 2 rings (SSSR count). The highest BCUT2D eigenvalue weighted by Gasteiger charge is 2.25. The summed E-state index contributed by atoms with van der Waals surface area (Å²) >= 11 is 0. The predicted octanol–water partition coefficient (Wildman–Crippen LogP) is 2.05. The maximum absolute atomic E-state index is 11.3. The van der Waals surface area contributed by atoms with Crippen molar-refractivity contribution in [3.05, 3.63) is 23.8 Å². The molecular weight excluding hydrogens is 234 g/mol. The molecule has 1 aromatic carbocycles. The molecule has 1 aliphatic heterocycles. The number of amides is 1. The standard InChI is InChI=1S/C13H17NO4/c1-13(2,14-12(15)16-3)9-4-5-10-11(8-9)18-7-6-17-10/h4-5,8H,6-7H2,1-3H3,(H,14,15). The summed E-state index contributed by atoms with van der Waals surface area (Å²) in [7, 11) is 1.34. The van der Waals surface area contributed by atoms with Crippen molar-refractivity contribution in [3.8, 4) is 11.5 Å². The Balaban J connectivity index is 2.24. The smallest absolute Gasteiger partial charge is 0.407 e. The molecule has 0 fully saturated rings. The maximum Gasteiger partial charge on any atom is 0.407 e. The van der Waals surface area contributed by atoms with Gasteiger partial charge in [-0.3, -0.25) is 0 Å². The van der Waals surface area contributed by atoms with E-state index in [0.29, 0.717) is 19.0 Å². The number of nitrogens with one attached hydrogen (secondary N) is 1. The highest BCUT2D eigenvalue weighted by Crippen LogP contribution is 2.34. The minimum absolute atomic E-state index is 0.463. The third-order valence-electron chi connectivity index (χ3n) is 2.86. The van der Waals surface area contributed by atoms with Gasteiger partial charge in [0.1, 0.15) is 13.2 Å². The Bertz CT molecular complexity index is 456. The van der Waals surface area contributed by atoms with Crippen LogP contribution in [0, 0.1) is 0 Å². The summed E-state index contributed by atoms with van der Waals surface area (Å²) in [4.78, 5) is 11.3. The molecule has 1 amide bonds. The number of benzene rings is 1. The van der Waals surface area contributed by atoms with Gasteiger partial charge in [-0.2, -0.15) is 0 Å². The Morgan fingerprint density at radius 1 is 1.28 bits per heavy atom. The van der Waals surface area contributed by atoms with Crippen molar-refractivity contribution in [3.63, 3.8) is 0 Å². The minimum Gasteiger partial charge on any atom is -0.486 e. The van der Waals surface area contributed by atoms with Gasteiger partial charge in [0, 0.05) is 0 Å². The van der Waals surface area contributed by atoms with Crippen molar-refractivity contribution in [2.45, 2.75) is 19.4 Å². The lowest BCUT2D eigenvalue weighted by Gasteiger charge is -2.28. The highest BCUT2D eigenvalue weighted by atomic mass is 16.6. The van der Waals surface area contributed by atoms with Gasteiger partial charge in [0.05, 0.1) is 12.6 Å². The first-order valence-electron chi connectivity index (χ1n) is 5.79. The Morgan fingerprint density at radius 3 is 2.61 bits per heavy atom. The summed E-state index contributed by atoms with van der Waals surface area (Å²) in [6.07, 6.45) is -0.463. The molecule has 1 heterocycles. The molecule has 0 radical (unpaired) electrons. The third-order valence-corrected chi connectivity index (χ3v) is 2.86. The van der Waals surface area contributed by atoms with E-state index in [0.717, 1.165) is 11.3 Å². The molecule has 0 spiro atoms. The average Bonchev–Trinajstić information content (AvgIpc) is 2.37. The van der Waals surface area contributed by atoms with Crippen LogP contribution in [0.1, 0.15) is 19.4 Å². The van der Waals surface area contributed by atoms with Crippen LogP contribution in [0.3, 0.4) is 0 Å². The van der Waals surface area contributed by atoms with E-state index in [1.165, 1.54) is 7.11 Å². The van der Waals surface area contributed by atoms with Crippen LogP contribution in [0.25, 0.3) is 0 Å². The Morgan fingerprint density at radius 2 is 1.94 bits per heavy atom. The average molecular weight is 251 g/mol. The van der Waals surface area contributed by atoms with Crippen LogP contribution in [0.5, 0.6) is 11.5 Å². The lowest BCUT2D eigenvalue weighted by Crippen LogP contribution is -2.40. The second kappa shape index (κ2) is 4.76.